The molecule has 8 heteroatoms. The Morgan fingerprint density at radius 3 is 2.51 bits per heavy atom. The van der Waals surface area contributed by atoms with E-state index in [-0.39, 0.29) is 23.9 Å². The van der Waals surface area contributed by atoms with E-state index >= 15 is 0 Å². The first-order chi connectivity index (χ1) is 16.8. The van der Waals surface area contributed by atoms with Crippen LogP contribution in [-0.2, 0) is 6.54 Å². The molecular formula is C27H30ClN5O2. The third-order valence-electron chi connectivity index (χ3n) is 5.84. The highest BCUT2D eigenvalue weighted by Crippen LogP contribution is 2.30. The Morgan fingerprint density at radius 1 is 1.20 bits per heavy atom. The third kappa shape index (κ3) is 5.97. The van der Waals surface area contributed by atoms with Crippen LogP contribution in [-0.4, -0.2) is 33.4 Å². The lowest BCUT2D eigenvalue weighted by atomic mass is 9.98. The molecule has 3 aromatic rings. The van der Waals surface area contributed by atoms with Gasteiger partial charge in [-0.3, -0.25) is 14.2 Å². The van der Waals surface area contributed by atoms with E-state index in [1.807, 2.05) is 50.2 Å². The van der Waals surface area contributed by atoms with Crippen molar-refractivity contribution in [3.63, 3.8) is 0 Å². The smallest absolute Gasteiger partial charge is 0.272 e. The average molecular weight is 492 g/mol. The number of rotatable bonds is 9. The molecule has 182 valence electrons. The van der Waals surface area contributed by atoms with E-state index in [0.29, 0.717) is 41.6 Å². The Hall–Kier alpha value is -3.47. The van der Waals surface area contributed by atoms with E-state index in [1.165, 1.54) is 4.57 Å². The lowest BCUT2D eigenvalue weighted by Crippen LogP contribution is -2.43. The van der Waals surface area contributed by atoms with E-state index in [9.17, 15) is 14.9 Å². The van der Waals surface area contributed by atoms with Gasteiger partial charge in [-0.15, -0.1) is 0 Å². The molecule has 35 heavy (non-hydrogen) atoms. The van der Waals surface area contributed by atoms with Crippen LogP contribution in [0.1, 0.15) is 59.3 Å². The number of aryl methyl sites for hydroxylation is 1. The number of amides is 1. The van der Waals surface area contributed by atoms with Crippen LogP contribution in [0.2, 0.25) is 5.02 Å². The monoisotopic (exact) mass is 491 g/mol. The number of hydrogen-bond acceptors (Lipinski definition) is 5. The van der Waals surface area contributed by atoms with Crippen molar-refractivity contribution in [2.24, 2.45) is 11.7 Å². The van der Waals surface area contributed by atoms with Crippen LogP contribution in [0.15, 0.2) is 59.4 Å². The summed E-state index contributed by atoms with van der Waals surface area (Å²) in [5.41, 5.74) is 7.07. The molecule has 1 heterocycles. The number of carbonyl (C=O) groups excluding carboxylic acids is 1. The van der Waals surface area contributed by atoms with E-state index < -0.39 is 11.6 Å². The first kappa shape index (κ1) is 26.1. The number of aromatic nitrogens is 2. The van der Waals surface area contributed by atoms with Gasteiger partial charge < -0.3 is 10.6 Å². The normalized spacial score (nSPS) is 11.8. The first-order valence-corrected chi connectivity index (χ1v) is 12.0. The molecule has 0 aliphatic rings. The minimum atomic E-state index is -0.532. The van der Waals surface area contributed by atoms with Crippen LogP contribution in [0.5, 0.6) is 0 Å². The van der Waals surface area contributed by atoms with Gasteiger partial charge in [0.05, 0.1) is 18.3 Å². The SMILES string of the molecule is Cc1nc(C(C(C)C)N(CCCN)C(=O)c2cccc(Cl)c2)n(Cc2ccccc2)c(=O)c1C#N. The number of benzene rings is 2. The minimum absolute atomic E-state index is 0.00173. The lowest BCUT2D eigenvalue weighted by Gasteiger charge is -2.35. The minimum Gasteiger partial charge on any atom is -0.330 e. The molecule has 0 aliphatic heterocycles. The van der Waals surface area contributed by atoms with Crippen LogP contribution >= 0.6 is 11.6 Å². The van der Waals surface area contributed by atoms with Crippen LogP contribution < -0.4 is 11.3 Å². The number of hydrogen-bond donors (Lipinski definition) is 1. The highest BCUT2D eigenvalue weighted by atomic mass is 35.5. The fraction of sp³-hybridized carbons (Fsp3) is 0.333. The van der Waals surface area contributed by atoms with Gasteiger partial charge in [-0.25, -0.2) is 4.98 Å². The highest BCUT2D eigenvalue weighted by Gasteiger charge is 2.33. The maximum Gasteiger partial charge on any atom is 0.272 e. The van der Waals surface area contributed by atoms with Gasteiger partial charge in [-0.2, -0.15) is 5.26 Å². The Balaban J connectivity index is 2.22. The van der Waals surface area contributed by atoms with E-state index in [2.05, 4.69) is 0 Å². The molecule has 0 aliphatic carbocycles. The molecule has 0 saturated carbocycles. The van der Waals surface area contributed by atoms with E-state index in [1.54, 1.807) is 36.1 Å². The highest BCUT2D eigenvalue weighted by molar-refractivity contribution is 6.30. The molecule has 0 saturated heterocycles. The first-order valence-electron chi connectivity index (χ1n) is 11.6. The molecule has 3 rings (SSSR count). The summed E-state index contributed by atoms with van der Waals surface area (Å²) >= 11 is 6.17. The summed E-state index contributed by atoms with van der Waals surface area (Å²) in [5.74, 6) is 0.136. The second-order valence-corrected chi connectivity index (χ2v) is 9.20. The summed E-state index contributed by atoms with van der Waals surface area (Å²) in [6.07, 6.45) is 0.577. The molecule has 0 radical (unpaired) electrons. The fourth-order valence-corrected chi connectivity index (χ4v) is 4.36. The number of nitrogens with zero attached hydrogens (tertiary/aromatic N) is 4. The molecule has 2 aromatic carbocycles. The van der Waals surface area contributed by atoms with Gasteiger partial charge in [0, 0.05) is 17.1 Å². The van der Waals surface area contributed by atoms with Crippen molar-refractivity contribution in [2.75, 3.05) is 13.1 Å². The van der Waals surface area contributed by atoms with Gasteiger partial charge in [0.2, 0.25) is 0 Å². The quantitative estimate of drug-likeness (QED) is 0.480. The summed E-state index contributed by atoms with van der Waals surface area (Å²) < 4.78 is 1.52. The van der Waals surface area contributed by atoms with Crippen molar-refractivity contribution in [3.05, 3.63) is 98.2 Å². The predicted octanol–water partition coefficient (Wildman–Crippen LogP) is 4.31. The number of nitriles is 1. The third-order valence-corrected chi connectivity index (χ3v) is 6.08. The molecule has 7 nitrogen and oxygen atoms in total. The van der Waals surface area contributed by atoms with E-state index in [0.717, 1.165) is 5.56 Å². The molecule has 0 fully saturated rings. The zero-order valence-corrected chi connectivity index (χ0v) is 21.0. The van der Waals surface area contributed by atoms with Gasteiger partial charge >= 0.3 is 0 Å². The molecule has 1 atom stereocenters. The van der Waals surface area contributed by atoms with Crippen molar-refractivity contribution >= 4 is 17.5 Å². The second-order valence-electron chi connectivity index (χ2n) is 8.76. The largest absolute Gasteiger partial charge is 0.330 e. The van der Waals surface area contributed by atoms with Crippen molar-refractivity contribution in [3.8, 4) is 6.07 Å². The topological polar surface area (TPSA) is 105 Å². The molecular weight excluding hydrogens is 462 g/mol. The van der Waals surface area contributed by atoms with Crippen LogP contribution in [0, 0.1) is 24.2 Å². The summed E-state index contributed by atoms with van der Waals surface area (Å²) in [6, 6.07) is 17.8. The Kier molecular flexibility index (Phi) is 8.80. The molecule has 1 unspecified atom stereocenters. The van der Waals surface area contributed by atoms with Gasteiger partial charge in [0.1, 0.15) is 17.5 Å². The van der Waals surface area contributed by atoms with Crippen LogP contribution in [0.25, 0.3) is 0 Å². The van der Waals surface area contributed by atoms with Gasteiger partial charge in [-0.1, -0.05) is 61.8 Å². The second kappa shape index (κ2) is 11.8. The van der Waals surface area contributed by atoms with Crippen LogP contribution in [0.3, 0.4) is 0 Å². The Bertz CT molecular complexity index is 1280. The van der Waals surface area contributed by atoms with Crippen molar-refractivity contribution < 1.29 is 4.79 Å². The van der Waals surface area contributed by atoms with Crippen LogP contribution in [0.4, 0.5) is 0 Å². The number of carbonyl (C=O) groups is 1. The fourth-order valence-electron chi connectivity index (χ4n) is 4.17. The maximum absolute atomic E-state index is 13.7. The maximum atomic E-state index is 13.7. The number of nitrogens with two attached hydrogens (primary N) is 1. The van der Waals surface area contributed by atoms with Gasteiger partial charge in [-0.05, 0) is 49.6 Å². The summed E-state index contributed by atoms with van der Waals surface area (Å²) in [5, 5.41) is 10.1. The Morgan fingerprint density at radius 2 is 1.91 bits per heavy atom. The average Bonchev–Trinajstić information content (AvgIpc) is 2.84. The van der Waals surface area contributed by atoms with E-state index in [4.69, 9.17) is 22.3 Å². The molecule has 0 spiro atoms. The zero-order chi connectivity index (χ0) is 25.5. The van der Waals surface area contributed by atoms with Gasteiger partial charge in [0.15, 0.2) is 0 Å². The predicted molar refractivity (Wildman–Crippen MR) is 137 cm³/mol. The van der Waals surface area contributed by atoms with Crippen molar-refractivity contribution in [1.82, 2.24) is 14.5 Å². The molecule has 0 bridgehead atoms. The van der Waals surface area contributed by atoms with Crippen molar-refractivity contribution in [1.29, 1.82) is 5.26 Å². The van der Waals surface area contributed by atoms with Gasteiger partial charge in [0.25, 0.3) is 11.5 Å². The molecule has 1 amide bonds. The number of halogens is 1. The summed E-state index contributed by atoms with van der Waals surface area (Å²) in [7, 11) is 0. The van der Waals surface area contributed by atoms with Crippen molar-refractivity contribution in [2.45, 2.75) is 39.8 Å². The zero-order valence-electron chi connectivity index (χ0n) is 20.2. The standard InChI is InChI=1S/C27H30ClN5O2/c1-18(2)24(32(14-8-13-29)26(34)21-11-7-12-22(28)15-21)25-31-19(3)23(16-30)27(35)33(25)17-20-9-5-4-6-10-20/h4-7,9-12,15,18,24H,8,13-14,17,29H2,1-3H3. The molecule has 2 N–H and O–H groups in total. The summed E-state index contributed by atoms with van der Waals surface area (Å²) in [4.78, 5) is 33.7. The molecule has 1 aromatic heterocycles. The lowest BCUT2D eigenvalue weighted by molar-refractivity contribution is 0.0601. The Labute approximate surface area is 210 Å². The summed E-state index contributed by atoms with van der Waals surface area (Å²) in [6.45, 7) is 6.63.